The van der Waals surface area contributed by atoms with E-state index in [1.165, 1.54) is 19.3 Å². The number of allylic oxidation sites excluding steroid dienone is 2. The fourth-order valence-corrected chi connectivity index (χ4v) is 4.87. The predicted molar refractivity (Wildman–Crippen MR) is 130 cm³/mol. The second-order valence-electron chi connectivity index (χ2n) is 8.50. The van der Waals surface area contributed by atoms with Crippen molar-refractivity contribution in [3.63, 3.8) is 0 Å². The topological polar surface area (TPSA) is 70.6 Å². The predicted octanol–water partition coefficient (Wildman–Crippen LogP) is 4.79. The highest BCUT2D eigenvalue weighted by Crippen LogP contribution is 2.44. The lowest BCUT2D eigenvalue weighted by atomic mass is 9.77. The van der Waals surface area contributed by atoms with E-state index in [-0.39, 0.29) is 6.42 Å². The molecule has 2 saturated heterocycles. The van der Waals surface area contributed by atoms with Crippen LogP contribution in [0.2, 0.25) is 0 Å². The van der Waals surface area contributed by atoms with Gasteiger partial charge in [-0.2, -0.15) is 0 Å². The molecule has 3 N–H and O–H groups in total. The van der Waals surface area contributed by atoms with E-state index in [0.717, 1.165) is 55.0 Å². The average molecular weight is 455 g/mol. The summed E-state index contributed by atoms with van der Waals surface area (Å²) in [6.45, 7) is 3.67. The van der Waals surface area contributed by atoms with Crippen molar-refractivity contribution in [1.82, 2.24) is 10.6 Å². The van der Waals surface area contributed by atoms with Gasteiger partial charge < -0.3 is 20.5 Å². The molecule has 0 aliphatic carbocycles. The SMILES string of the molecule is CCCCCCC(=S)NCC(=S)NCC1C2CCC(O2)C1C/C=C\CCCC(=O)O. The molecule has 7 heteroatoms. The standard InChI is InChI=1S/C23H38N2O3S2/c1-2-3-4-8-11-21(29)25-16-22(30)24-15-18-17(19-13-14-20(18)28-19)10-7-5-6-9-12-23(26)27/h5,7,17-20H,2-4,6,8-16H2,1H3,(H,24,30)(H,25,29)(H,26,27)/b7-5-. The first kappa shape index (κ1) is 25.2. The number of carboxylic acid groups (broad SMARTS) is 1. The van der Waals surface area contributed by atoms with Gasteiger partial charge in [0.15, 0.2) is 0 Å². The highest BCUT2D eigenvalue weighted by atomic mass is 32.1. The number of thiocarbonyl (C=S) groups is 2. The van der Waals surface area contributed by atoms with Crippen LogP contribution >= 0.6 is 24.4 Å². The van der Waals surface area contributed by atoms with Crippen LogP contribution in [0.4, 0.5) is 0 Å². The van der Waals surface area contributed by atoms with Gasteiger partial charge in [0.05, 0.1) is 28.7 Å². The maximum Gasteiger partial charge on any atom is 0.303 e. The fourth-order valence-electron chi connectivity index (χ4n) is 4.50. The molecule has 0 amide bonds. The summed E-state index contributed by atoms with van der Waals surface area (Å²) in [6.07, 6.45) is 15.9. The summed E-state index contributed by atoms with van der Waals surface area (Å²) in [5.74, 6) is 0.271. The lowest BCUT2D eigenvalue weighted by Crippen LogP contribution is -2.41. The number of aliphatic carboxylic acids is 1. The van der Waals surface area contributed by atoms with Gasteiger partial charge in [0.25, 0.3) is 0 Å². The molecule has 5 nitrogen and oxygen atoms in total. The third-order valence-corrected chi connectivity index (χ3v) is 6.80. The molecule has 0 spiro atoms. The highest BCUT2D eigenvalue weighted by molar-refractivity contribution is 7.80. The number of carbonyl (C=O) groups is 1. The molecule has 170 valence electrons. The highest BCUT2D eigenvalue weighted by Gasteiger charge is 2.47. The molecule has 0 aromatic heterocycles. The van der Waals surface area contributed by atoms with E-state index in [0.29, 0.717) is 37.0 Å². The van der Waals surface area contributed by atoms with Crippen LogP contribution in [0, 0.1) is 11.8 Å². The zero-order chi connectivity index (χ0) is 21.8. The molecule has 2 rings (SSSR count). The molecular weight excluding hydrogens is 416 g/mol. The van der Waals surface area contributed by atoms with Gasteiger partial charge in [-0.05, 0) is 50.9 Å². The molecule has 2 heterocycles. The van der Waals surface area contributed by atoms with Crippen LogP contribution in [0.1, 0.15) is 77.6 Å². The lowest BCUT2D eigenvalue weighted by molar-refractivity contribution is -0.137. The van der Waals surface area contributed by atoms with E-state index in [1.54, 1.807) is 0 Å². The van der Waals surface area contributed by atoms with Gasteiger partial charge in [0, 0.05) is 18.9 Å². The average Bonchev–Trinajstić information content (AvgIpc) is 3.32. The Labute approximate surface area is 192 Å². The molecular formula is C23H38N2O3S2. The molecule has 2 aliphatic heterocycles. The monoisotopic (exact) mass is 454 g/mol. The van der Waals surface area contributed by atoms with E-state index in [1.807, 2.05) is 0 Å². The van der Waals surface area contributed by atoms with Gasteiger partial charge in [-0.25, -0.2) is 0 Å². The summed E-state index contributed by atoms with van der Waals surface area (Å²) < 4.78 is 6.17. The maximum atomic E-state index is 10.6. The Kier molecular flexibility index (Phi) is 11.8. The number of unbranched alkanes of at least 4 members (excludes halogenated alkanes) is 4. The van der Waals surface area contributed by atoms with Crippen LogP contribution in [0.15, 0.2) is 12.2 Å². The van der Waals surface area contributed by atoms with E-state index < -0.39 is 5.97 Å². The number of nitrogens with one attached hydrogen (secondary N) is 2. The van der Waals surface area contributed by atoms with Gasteiger partial charge >= 0.3 is 5.97 Å². The zero-order valence-corrected chi connectivity index (χ0v) is 19.9. The number of carboxylic acids is 1. The van der Waals surface area contributed by atoms with Crippen molar-refractivity contribution in [1.29, 1.82) is 0 Å². The lowest BCUT2D eigenvalue weighted by Gasteiger charge is -2.28. The van der Waals surface area contributed by atoms with Crippen LogP contribution < -0.4 is 10.6 Å². The Morgan fingerprint density at radius 1 is 1.00 bits per heavy atom. The van der Waals surface area contributed by atoms with Crippen LogP contribution in [0.5, 0.6) is 0 Å². The molecule has 0 radical (unpaired) electrons. The summed E-state index contributed by atoms with van der Waals surface area (Å²) in [5, 5.41) is 15.4. The van der Waals surface area contributed by atoms with Crippen molar-refractivity contribution in [2.24, 2.45) is 11.8 Å². The molecule has 0 saturated carbocycles. The minimum Gasteiger partial charge on any atom is -0.481 e. The van der Waals surface area contributed by atoms with E-state index in [2.05, 4.69) is 29.7 Å². The first-order valence-electron chi connectivity index (χ1n) is 11.6. The van der Waals surface area contributed by atoms with Gasteiger partial charge in [-0.1, -0.05) is 62.8 Å². The molecule has 4 atom stereocenters. The van der Waals surface area contributed by atoms with Gasteiger partial charge in [0.2, 0.25) is 0 Å². The largest absolute Gasteiger partial charge is 0.481 e. The van der Waals surface area contributed by atoms with Crippen LogP contribution in [0.25, 0.3) is 0 Å². The van der Waals surface area contributed by atoms with E-state index in [4.69, 9.17) is 34.3 Å². The fraction of sp³-hybridized carbons (Fsp3) is 0.783. The Hall–Kier alpha value is -1.05. The third kappa shape index (κ3) is 8.98. The molecule has 0 aromatic carbocycles. The first-order valence-corrected chi connectivity index (χ1v) is 12.4. The Morgan fingerprint density at radius 2 is 1.77 bits per heavy atom. The second kappa shape index (κ2) is 14.1. The molecule has 0 aromatic rings. The third-order valence-electron chi connectivity index (χ3n) is 6.17. The molecule has 4 unspecified atom stereocenters. The number of hydrogen-bond acceptors (Lipinski definition) is 4. The van der Waals surface area contributed by atoms with Crippen molar-refractivity contribution < 1.29 is 14.6 Å². The minimum absolute atomic E-state index is 0.238. The van der Waals surface area contributed by atoms with Crippen molar-refractivity contribution in [2.45, 2.75) is 89.8 Å². The Morgan fingerprint density at radius 3 is 2.50 bits per heavy atom. The number of ether oxygens (including phenoxy) is 1. The van der Waals surface area contributed by atoms with Gasteiger partial charge in [0.1, 0.15) is 0 Å². The van der Waals surface area contributed by atoms with Crippen LogP contribution in [-0.2, 0) is 9.53 Å². The summed E-state index contributed by atoms with van der Waals surface area (Å²) in [5.41, 5.74) is 0. The van der Waals surface area contributed by atoms with Crippen molar-refractivity contribution in [3.05, 3.63) is 12.2 Å². The van der Waals surface area contributed by atoms with Crippen molar-refractivity contribution in [3.8, 4) is 0 Å². The quantitative estimate of drug-likeness (QED) is 0.187. The molecule has 2 aliphatic rings. The normalized spacial score (nSPS) is 25.0. The van der Waals surface area contributed by atoms with E-state index in [9.17, 15) is 4.79 Å². The summed E-state index contributed by atoms with van der Waals surface area (Å²) in [4.78, 5) is 12.3. The molecule has 30 heavy (non-hydrogen) atoms. The van der Waals surface area contributed by atoms with Crippen LogP contribution in [-0.4, -0.2) is 46.4 Å². The number of rotatable bonds is 15. The molecule has 2 bridgehead atoms. The van der Waals surface area contributed by atoms with Crippen LogP contribution in [0.3, 0.4) is 0 Å². The first-order chi connectivity index (χ1) is 14.5. The second-order valence-corrected chi connectivity index (χ2v) is 9.49. The Bertz CT molecular complexity index is 597. The number of hydrogen-bond donors (Lipinski definition) is 3. The molecule has 2 fully saturated rings. The van der Waals surface area contributed by atoms with E-state index >= 15 is 0 Å². The summed E-state index contributed by atoms with van der Waals surface area (Å²) >= 11 is 10.9. The maximum absolute atomic E-state index is 10.6. The zero-order valence-electron chi connectivity index (χ0n) is 18.2. The van der Waals surface area contributed by atoms with Gasteiger partial charge in [-0.3, -0.25) is 4.79 Å². The smallest absolute Gasteiger partial charge is 0.303 e. The number of fused-ring (bicyclic) bond motifs is 2. The Balaban J connectivity index is 1.66. The van der Waals surface area contributed by atoms with Crippen molar-refractivity contribution in [2.75, 3.05) is 13.1 Å². The summed E-state index contributed by atoms with van der Waals surface area (Å²) in [7, 11) is 0. The minimum atomic E-state index is -0.723. The summed E-state index contributed by atoms with van der Waals surface area (Å²) in [6, 6.07) is 0. The van der Waals surface area contributed by atoms with Gasteiger partial charge in [-0.15, -0.1) is 0 Å². The van der Waals surface area contributed by atoms with Crippen molar-refractivity contribution >= 4 is 40.4 Å².